The molecule has 0 aliphatic carbocycles. The topological polar surface area (TPSA) is 69.3 Å². The molecule has 120 valence electrons. The number of hydrogen-bond acceptors (Lipinski definition) is 6. The summed E-state index contributed by atoms with van der Waals surface area (Å²) in [5.74, 6) is 0.772. The van der Waals surface area contributed by atoms with Gasteiger partial charge in [-0.1, -0.05) is 0 Å². The maximum atomic E-state index is 9.99. The number of aliphatic hydroxyl groups excluding tert-OH is 2. The summed E-state index contributed by atoms with van der Waals surface area (Å²) in [7, 11) is 0. The van der Waals surface area contributed by atoms with Gasteiger partial charge >= 0.3 is 0 Å². The average molecular weight is 298 g/mol. The third kappa shape index (κ3) is 6.15. The van der Waals surface area contributed by atoms with Crippen molar-refractivity contribution in [3.63, 3.8) is 0 Å². The summed E-state index contributed by atoms with van der Waals surface area (Å²) < 4.78 is 10.6. The first-order chi connectivity index (χ1) is 10.1. The monoisotopic (exact) mass is 298 g/mol. The predicted octanol–water partition coefficient (Wildman–Crippen LogP) is 0.156. The third-order valence-electron chi connectivity index (χ3n) is 3.59. The molecule has 0 aromatic carbocycles. The molecule has 1 aliphatic heterocycles. The van der Waals surface area contributed by atoms with Gasteiger partial charge in [0.25, 0.3) is 0 Å². The number of ether oxygens (including phenoxy) is 1. The Morgan fingerprint density at radius 1 is 1.19 bits per heavy atom. The molecule has 6 nitrogen and oxygen atoms in total. The van der Waals surface area contributed by atoms with Gasteiger partial charge in [0.2, 0.25) is 0 Å². The number of hydrogen-bond donors (Lipinski definition) is 2. The van der Waals surface area contributed by atoms with E-state index in [2.05, 4.69) is 9.80 Å². The Bertz CT molecular complexity index is 375. The second-order valence-corrected chi connectivity index (χ2v) is 5.70. The molecule has 2 heterocycles. The minimum atomic E-state index is -0.483. The molecular formula is C15H26N2O4. The fourth-order valence-corrected chi connectivity index (χ4v) is 2.57. The van der Waals surface area contributed by atoms with Gasteiger partial charge in [0.05, 0.1) is 25.1 Å². The van der Waals surface area contributed by atoms with Crippen LogP contribution in [0.5, 0.6) is 0 Å². The van der Waals surface area contributed by atoms with Gasteiger partial charge in [-0.15, -0.1) is 0 Å². The van der Waals surface area contributed by atoms with Crippen LogP contribution in [-0.2, 0) is 11.3 Å². The van der Waals surface area contributed by atoms with E-state index in [1.165, 1.54) is 0 Å². The third-order valence-corrected chi connectivity index (χ3v) is 3.59. The molecule has 0 bridgehead atoms. The molecule has 1 fully saturated rings. The summed E-state index contributed by atoms with van der Waals surface area (Å²) in [5.41, 5.74) is 0. The van der Waals surface area contributed by atoms with Gasteiger partial charge in [-0.3, -0.25) is 9.80 Å². The Labute approximate surface area is 125 Å². The normalized spacial score (nSPS) is 20.5. The van der Waals surface area contributed by atoms with Crippen molar-refractivity contribution in [3.05, 3.63) is 24.2 Å². The Morgan fingerprint density at radius 3 is 2.43 bits per heavy atom. The number of nitrogens with zero attached hydrogens (tertiary/aromatic N) is 2. The van der Waals surface area contributed by atoms with Gasteiger partial charge in [-0.25, -0.2) is 0 Å². The quantitative estimate of drug-likeness (QED) is 0.712. The SMILES string of the molecule is CC(O)CN1CCN(CC(O)COCc2ccco2)CC1. The molecule has 2 N–H and O–H groups in total. The first-order valence-corrected chi connectivity index (χ1v) is 7.54. The van der Waals surface area contributed by atoms with Gasteiger partial charge in [0, 0.05) is 39.3 Å². The zero-order valence-corrected chi connectivity index (χ0v) is 12.6. The van der Waals surface area contributed by atoms with Gasteiger partial charge < -0.3 is 19.4 Å². The summed E-state index contributed by atoms with van der Waals surface area (Å²) in [6, 6.07) is 3.68. The molecule has 6 heteroatoms. The smallest absolute Gasteiger partial charge is 0.129 e. The van der Waals surface area contributed by atoms with Crippen LogP contribution >= 0.6 is 0 Å². The number of furan rings is 1. The minimum Gasteiger partial charge on any atom is -0.467 e. The van der Waals surface area contributed by atoms with Crippen LogP contribution in [0.1, 0.15) is 12.7 Å². The van der Waals surface area contributed by atoms with Crippen molar-refractivity contribution in [1.29, 1.82) is 0 Å². The van der Waals surface area contributed by atoms with Gasteiger partial charge in [-0.05, 0) is 19.1 Å². The summed E-state index contributed by atoms with van der Waals surface area (Å²) in [6.45, 7) is 7.58. The fraction of sp³-hybridized carbons (Fsp3) is 0.733. The maximum Gasteiger partial charge on any atom is 0.129 e. The van der Waals surface area contributed by atoms with Crippen molar-refractivity contribution in [1.82, 2.24) is 9.80 Å². The van der Waals surface area contributed by atoms with Crippen LogP contribution in [0.2, 0.25) is 0 Å². The van der Waals surface area contributed by atoms with E-state index in [4.69, 9.17) is 9.15 Å². The zero-order valence-electron chi connectivity index (χ0n) is 12.6. The molecule has 1 saturated heterocycles. The van der Waals surface area contributed by atoms with Crippen molar-refractivity contribution in [2.24, 2.45) is 0 Å². The lowest BCUT2D eigenvalue weighted by Crippen LogP contribution is -2.50. The zero-order chi connectivity index (χ0) is 15.1. The molecule has 0 spiro atoms. The minimum absolute atomic E-state index is 0.280. The first-order valence-electron chi connectivity index (χ1n) is 7.54. The molecule has 0 saturated carbocycles. The van der Waals surface area contributed by atoms with Crippen LogP contribution in [0.3, 0.4) is 0 Å². The highest BCUT2D eigenvalue weighted by Crippen LogP contribution is 2.05. The van der Waals surface area contributed by atoms with Gasteiger partial charge in [-0.2, -0.15) is 0 Å². The van der Waals surface area contributed by atoms with Gasteiger partial charge in [0.15, 0.2) is 0 Å². The molecule has 1 aromatic rings. The van der Waals surface area contributed by atoms with Crippen molar-refractivity contribution in [2.45, 2.75) is 25.7 Å². The molecule has 2 unspecified atom stereocenters. The number of rotatable bonds is 8. The maximum absolute atomic E-state index is 9.99. The van der Waals surface area contributed by atoms with E-state index in [0.717, 1.165) is 38.5 Å². The average Bonchev–Trinajstić information content (AvgIpc) is 2.93. The summed E-state index contributed by atoms with van der Waals surface area (Å²) in [6.07, 6.45) is 0.849. The molecule has 1 aliphatic rings. The number of β-amino-alcohol motifs (C(OH)–C–C–N with tert-alkyl or cyclic N) is 2. The second kappa shape index (κ2) is 8.51. The molecular weight excluding hydrogens is 272 g/mol. The second-order valence-electron chi connectivity index (χ2n) is 5.70. The summed E-state index contributed by atoms with van der Waals surface area (Å²) in [4.78, 5) is 4.49. The van der Waals surface area contributed by atoms with Crippen molar-refractivity contribution in [2.75, 3.05) is 45.9 Å². The number of piperazine rings is 1. The van der Waals surface area contributed by atoms with E-state index in [1.54, 1.807) is 6.26 Å². The van der Waals surface area contributed by atoms with E-state index in [0.29, 0.717) is 19.8 Å². The molecule has 0 amide bonds. The summed E-state index contributed by atoms with van der Waals surface area (Å²) >= 11 is 0. The Morgan fingerprint density at radius 2 is 1.86 bits per heavy atom. The highest BCUT2D eigenvalue weighted by Gasteiger charge is 2.19. The van der Waals surface area contributed by atoms with Crippen LogP contribution in [0.4, 0.5) is 0 Å². The lowest BCUT2D eigenvalue weighted by molar-refractivity contribution is -0.00507. The van der Waals surface area contributed by atoms with E-state index in [1.807, 2.05) is 19.1 Å². The lowest BCUT2D eigenvalue weighted by Gasteiger charge is -2.36. The Balaban J connectivity index is 1.57. The molecule has 1 aromatic heterocycles. The first kappa shape index (κ1) is 16.5. The van der Waals surface area contributed by atoms with Crippen molar-refractivity contribution in [3.8, 4) is 0 Å². The van der Waals surface area contributed by atoms with Crippen LogP contribution in [0.15, 0.2) is 22.8 Å². The molecule has 2 rings (SSSR count). The Hall–Kier alpha value is -0.920. The predicted molar refractivity (Wildman–Crippen MR) is 78.9 cm³/mol. The van der Waals surface area contributed by atoms with E-state index in [9.17, 15) is 10.2 Å². The lowest BCUT2D eigenvalue weighted by atomic mass is 10.2. The van der Waals surface area contributed by atoms with Crippen LogP contribution < -0.4 is 0 Å². The standard InChI is InChI=1S/C15H26N2O4/c1-13(18)9-16-4-6-17(7-5-16)10-14(19)11-20-12-15-3-2-8-21-15/h2-3,8,13-14,18-19H,4-7,9-12H2,1H3. The van der Waals surface area contributed by atoms with Gasteiger partial charge in [0.1, 0.15) is 12.4 Å². The number of aliphatic hydroxyl groups is 2. The highest BCUT2D eigenvalue weighted by molar-refractivity contribution is 4.96. The van der Waals surface area contributed by atoms with Crippen LogP contribution in [-0.4, -0.2) is 78.1 Å². The fourth-order valence-electron chi connectivity index (χ4n) is 2.57. The van der Waals surface area contributed by atoms with Crippen LogP contribution in [0.25, 0.3) is 0 Å². The van der Waals surface area contributed by atoms with Crippen molar-refractivity contribution < 1.29 is 19.4 Å². The molecule has 21 heavy (non-hydrogen) atoms. The molecule has 0 radical (unpaired) electrons. The van der Waals surface area contributed by atoms with Crippen LogP contribution in [0, 0.1) is 0 Å². The van der Waals surface area contributed by atoms with E-state index >= 15 is 0 Å². The summed E-state index contributed by atoms with van der Waals surface area (Å²) in [5, 5.41) is 19.4. The van der Waals surface area contributed by atoms with E-state index < -0.39 is 6.10 Å². The van der Waals surface area contributed by atoms with Crippen molar-refractivity contribution >= 4 is 0 Å². The largest absolute Gasteiger partial charge is 0.467 e. The molecule has 2 atom stereocenters. The highest BCUT2D eigenvalue weighted by atomic mass is 16.5. The Kier molecular flexibility index (Phi) is 6.66. The van der Waals surface area contributed by atoms with E-state index in [-0.39, 0.29) is 6.10 Å².